The molecule has 7 heteroatoms. The first-order valence-electron chi connectivity index (χ1n) is 6.09. The molecule has 0 aliphatic heterocycles. The Morgan fingerprint density at radius 2 is 1.95 bits per heavy atom. The number of hydrogen-bond donors (Lipinski definition) is 2. The van der Waals surface area contributed by atoms with E-state index in [0.717, 1.165) is 18.9 Å². The second-order valence-electron chi connectivity index (χ2n) is 5.20. The molecule has 1 fully saturated rings. The van der Waals surface area contributed by atoms with Gasteiger partial charge in [-0.1, -0.05) is 0 Å². The van der Waals surface area contributed by atoms with Crippen LogP contribution in [0.25, 0.3) is 0 Å². The van der Waals surface area contributed by atoms with Crippen LogP contribution in [0.4, 0.5) is 23.2 Å². The first-order chi connectivity index (χ1) is 9.12. The molecule has 1 aliphatic rings. The molecule has 1 unspecified atom stereocenters. The Morgan fingerprint density at radius 1 is 1.35 bits per heavy atom. The van der Waals surface area contributed by atoms with Crippen molar-refractivity contribution in [2.24, 2.45) is 11.7 Å². The van der Waals surface area contributed by atoms with Gasteiger partial charge in [0.15, 0.2) is 0 Å². The number of alkyl halides is 3. The Labute approximate surface area is 113 Å². The lowest BCUT2D eigenvalue weighted by Gasteiger charge is -2.23. The zero-order valence-corrected chi connectivity index (χ0v) is 10.7. The van der Waals surface area contributed by atoms with Crippen molar-refractivity contribution in [3.8, 4) is 0 Å². The lowest BCUT2D eigenvalue weighted by molar-refractivity contribution is -0.140. The second kappa shape index (κ2) is 4.73. The number of benzene rings is 1. The molecule has 110 valence electrons. The molecule has 1 aliphatic carbocycles. The minimum absolute atomic E-state index is 0.0324. The summed E-state index contributed by atoms with van der Waals surface area (Å²) in [4.78, 5) is 12.0. The highest BCUT2D eigenvalue weighted by Crippen LogP contribution is 2.39. The van der Waals surface area contributed by atoms with Gasteiger partial charge in [-0.25, -0.2) is 4.39 Å². The Balaban J connectivity index is 2.20. The quantitative estimate of drug-likeness (QED) is 0.841. The van der Waals surface area contributed by atoms with Crippen LogP contribution >= 0.6 is 0 Å². The normalized spacial score (nSPS) is 18.5. The third-order valence-electron chi connectivity index (χ3n) is 3.44. The van der Waals surface area contributed by atoms with Gasteiger partial charge in [-0.15, -0.1) is 0 Å². The molecule has 1 amide bonds. The highest BCUT2D eigenvalue weighted by atomic mass is 19.4. The molecule has 0 bridgehead atoms. The topological polar surface area (TPSA) is 55.1 Å². The van der Waals surface area contributed by atoms with Gasteiger partial charge in [-0.3, -0.25) is 4.79 Å². The van der Waals surface area contributed by atoms with Crippen molar-refractivity contribution < 1.29 is 22.4 Å². The van der Waals surface area contributed by atoms with Crippen molar-refractivity contribution in [1.82, 2.24) is 0 Å². The summed E-state index contributed by atoms with van der Waals surface area (Å²) in [6.45, 7) is 1.54. The number of rotatable bonds is 3. The van der Waals surface area contributed by atoms with E-state index in [4.69, 9.17) is 5.73 Å². The zero-order chi connectivity index (χ0) is 15.1. The number of halogens is 4. The summed E-state index contributed by atoms with van der Waals surface area (Å²) in [5, 5.41) is 2.31. The average Bonchev–Trinajstić information content (AvgIpc) is 3.14. The van der Waals surface area contributed by atoms with E-state index in [1.165, 1.54) is 6.92 Å². The predicted octanol–water partition coefficient (Wildman–Crippen LogP) is 2.91. The number of anilines is 1. The smallest absolute Gasteiger partial charge is 0.324 e. The standard InChI is InChI=1S/C13H14F4N2O/c1-12(18,7-2-3-7)11(20)19-8-4-5-10(14)9(6-8)13(15,16)17/h4-7H,2-3,18H2,1H3,(H,19,20). The van der Waals surface area contributed by atoms with Gasteiger partial charge in [-0.2, -0.15) is 13.2 Å². The molecule has 20 heavy (non-hydrogen) atoms. The Morgan fingerprint density at radius 3 is 2.45 bits per heavy atom. The maximum atomic E-state index is 13.1. The zero-order valence-electron chi connectivity index (χ0n) is 10.7. The molecule has 0 heterocycles. The van der Waals surface area contributed by atoms with Gasteiger partial charge in [0.1, 0.15) is 5.82 Å². The van der Waals surface area contributed by atoms with E-state index < -0.39 is 29.0 Å². The van der Waals surface area contributed by atoms with Crippen molar-refractivity contribution in [3.63, 3.8) is 0 Å². The lowest BCUT2D eigenvalue weighted by atomic mass is 9.96. The number of carbonyl (C=O) groups is 1. The summed E-state index contributed by atoms with van der Waals surface area (Å²) in [7, 11) is 0. The monoisotopic (exact) mass is 290 g/mol. The van der Waals surface area contributed by atoms with Gasteiger partial charge in [0.25, 0.3) is 0 Å². The van der Waals surface area contributed by atoms with E-state index in [1.807, 2.05) is 0 Å². The number of nitrogens with one attached hydrogen (secondary N) is 1. The summed E-state index contributed by atoms with van der Waals surface area (Å²) in [5.41, 5.74) is 3.19. The highest BCUT2D eigenvalue weighted by Gasteiger charge is 2.44. The first kappa shape index (κ1) is 14.8. The molecule has 1 aromatic carbocycles. The fraction of sp³-hybridized carbons (Fsp3) is 0.462. The fourth-order valence-electron chi connectivity index (χ4n) is 1.95. The van der Waals surface area contributed by atoms with Crippen LogP contribution in [0.15, 0.2) is 18.2 Å². The van der Waals surface area contributed by atoms with Crippen molar-refractivity contribution in [1.29, 1.82) is 0 Å². The molecule has 0 saturated heterocycles. The molecule has 1 atom stereocenters. The summed E-state index contributed by atoms with van der Waals surface area (Å²) in [6, 6.07) is 2.31. The van der Waals surface area contributed by atoms with E-state index in [0.29, 0.717) is 12.1 Å². The summed E-state index contributed by atoms with van der Waals surface area (Å²) < 4.78 is 50.8. The summed E-state index contributed by atoms with van der Waals surface area (Å²) in [5.74, 6) is -1.92. The average molecular weight is 290 g/mol. The molecule has 0 spiro atoms. The molecule has 3 nitrogen and oxygen atoms in total. The Hall–Kier alpha value is -1.63. The van der Waals surface area contributed by atoms with Crippen molar-refractivity contribution in [2.75, 3.05) is 5.32 Å². The number of hydrogen-bond acceptors (Lipinski definition) is 2. The van der Waals surface area contributed by atoms with E-state index in [1.54, 1.807) is 0 Å². The van der Waals surface area contributed by atoms with Gasteiger partial charge in [0, 0.05) is 5.69 Å². The summed E-state index contributed by atoms with van der Waals surface area (Å²) in [6.07, 6.45) is -3.18. The summed E-state index contributed by atoms with van der Waals surface area (Å²) >= 11 is 0. The van der Waals surface area contributed by atoms with Gasteiger partial charge in [0.2, 0.25) is 5.91 Å². The molecular weight excluding hydrogens is 276 g/mol. The Kier molecular flexibility index (Phi) is 3.49. The highest BCUT2D eigenvalue weighted by molar-refractivity contribution is 5.98. The SMILES string of the molecule is CC(N)(C(=O)Nc1ccc(F)c(C(F)(F)F)c1)C1CC1. The molecule has 1 aromatic rings. The minimum atomic E-state index is -4.81. The van der Waals surface area contributed by atoms with Crippen LogP contribution in [0.2, 0.25) is 0 Å². The number of nitrogens with two attached hydrogens (primary N) is 1. The minimum Gasteiger partial charge on any atom is -0.324 e. The van der Waals surface area contributed by atoms with E-state index >= 15 is 0 Å². The number of amides is 1. The van der Waals surface area contributed by atoms with Gasteiger partial charge < -0.3 is 11.1 Å². The van der Waals surface area contributed by atoms with Crippen LogP contribution < -0.4 is 11.1 Å². The molecule has 0 aromatic heterocycles. The predicted molar refractivity (Wildman–Crippen MR) is 65.3 cm³/mol. The molecule has 3 N–H and O–H groups in total. The van der Waals surface area contributed by atoms with Gasteiger partial charge in [-0.05, 0) is 43.9 Å². The lowest BCUT2D eigenvalue weighted by Crippen LogP contribution is -2.50. The number of carbonyl (C=O) groups excluding carboxylic acids is 1. The van der Waals surface area contributed by atoms with Gasteiger partial charge >= 0.3 is 6.18 Å². The maximum absolute atomic E-state index is 13.1. The van der Waals surface area contributed by atoms with Gasteiger partial charge in [0.05, 0.1) is 11.1 Å². The third-order valence-corrected chi connectivity index (χ3v) is 3.44. The molecular formula is C13H14F4N2O. The first-order valence-corrected chi connectivity index (χ1v) is 6.09. The van der Waals surface area contributed by atoms with Crippen LogP contribution in [0, 0.1) is 11.7 Å². The second-order valence-corrected chi connectivity index (χ2v) is 5.20. The van der Waals surface area contributed by atoms with E-state index in [2.05, 4.69) is 5.32 Å². The molecule has 0 radical (unpaired) electrons. The Bertz CT molecular complexity index is 536. The van der Waals surface area contributed by atoms with Crippen LogP contribution in [-0.4, -0.2) is 11.4 Å². The van der Waals surface area contributed by atoms with Crippen molar-refractivity contribution in [3.05, 3.63) is 29.6 Å². The van der Waals surface area contributed by atoms with Crippen LogP contribution in [-0.2, 0) is 11.0 Å². The molecule has 1 saturated carbocycles. The van der Waals surface area contributed by atoms with Crippen LogP contribution in [0.3, 0.4) is 0 Å². The van der Waals surface area contributed by atoms with Crippen molar-refractivity contribution >= 4 is 11.6 Å². The largest absolute Gasteiger partial charge is 0.419 e. The van der Waals surface area contributed by atoms with E-state index in [-0.39, 0.29) is 11.6 Å². The van der Waals surface area contributed by atoms with Crippen molar-refractivity contribution in [2.45, 2.75) is 31.5 Å². The fourth-order valence-corrected chi connectivity index (χ4v) is 1.95. The van der Waals surface area contributed by atoms with E-state index in [9.17, 15) is 22.4 Å². The molecule has 2 rings (SSSR count). The maximum Gasteiger partial charge on any atom is 0.419 e. The van der Waals surface area contributed by atoms with Crippen LogP contribution in [0.5, 0.6) is 0 Å². The third kappa shape index (κ3) is 2.92. The van der Waals surface area contributed by atoms with Crippen LogP contribution in [0.1, 0.15) is 25.3 Å².